The summed E-state index contributed by atoms with van der Waals surface area (Å²) in [6.45, 7) is 0. The largest absolute Gasteiger partial charge is 0.412 e. The summed E-state index contributed by atoms with van der Waals surface area (Å²) in [5.74, 6) is 0.943. The van der Waals surface area contributed by atoms with Gasteiger partial charge in [0.15, 0.2) is 0 Å². The van der Waals surface area contributed by atoms with Crippen LogP contribution in [0, 0.1) is 0 Å². The minimum atomic E-state index is 0.126. The van der Waals surface area contributed by atoms with E-state index in [1.54, 1.807) is 0 Å². The van der Waals surface area contributed by atoms with Crippen LogP contribution in [0.4, 0.5) is 0 Å². The lowest BCUT2D eigenvalue weighted by atomic mass is 10.1. The minimum absolute atomic E-state index is 0.126. The Balaban J connectivity index is 1.90. The summed E-state index contributed by atoms with van der Waals surface area (Å²) in [4.78, 5) is 0. The highest BCUT2D eigenvalue weighted by atomic mass is 35.5. The smallest absolute Gasteiger partial charge is 0.312 e. The van der Waals surface area contributed by atoms with Gasteiger partial charge in [0.2, 0.25) is 5.89 Å². The van der Waals surface area contributed by atoms with Gasteiger partial charge >= 0.3 is 5.35 Å². The standard InChI is InChI=1S/C11H9ClN2O/c12-11-14-13-10(15-11)9-5-7-3-1-2-4-8(7)6-9/h1-4,9H,5-6H2. The first-order valence-corrected chi connectivity index (χ1v) is 5.26. The molecule has 0 atom stereocenters. The van der Waals surface area contributed by atoms with Gasteiger partial charge < -0.3 is 4.42 Å². The summed E-state index contributed by atoms with van der Waals surface area (Å²) in [7, 11) is 0. The van der Waals surface area contributed by atoms with Gasteiger partial charge in [-0.05, 0) is 35.6 Å². The third-order valence-corrected chi connectivity index (χ3v) is 2.97. The molecule has 76 valence electrons. The van der Waals surface area contributed by atoms with Crippen LogP contribution in [-0.2, 0) is 12.8 Å². The maximum absolute atomic E-state index is 5.61. The summed E-state index contributed by atoms with van der Waals surface area (Å²) in [5, 5.41) is 7.73. The molecule has 0 radical (unpaired) electrons. The van der Waals surface area contributed by atoms with Crippen molar-refractivity contribution in [2.45, 2.75) is 18.8 Å². The molecule has 0 saturated carbocycles. The van der Waals surface area contributed by atoms with E-state index in [0.29, 0.717) is 11.8 Å². The van der Waals surface area contributed by atoms with Gasteiger partial charge in [0.1, 0.15) is 0 Å². The van der Waals surface area contributed by atoms with Crippen molar-refractivity contribution in [3.63, 3.8) is 0 Å². The molecule has 0 saturated heterocycles. The number of hydrogen-bond acceptors (Lipinski definition) is 3. The Hall–Kier alpha value is -1.35. The van der Waals surface area contributed by atoms with Crippen LogP contribution in [0.1, 0.15) is 22.9 Å². The number of benzene rings is 1. The molecule has 15 heavy (non-hydrogen) atoms. The van der Waals surface area contributed by atoms with Crippen LogP contribution < -0.4 is 0 Å². The lowest BCUT2D eigenvalue weighted by Crippen LogP contribution is -1.97. The van der Waals surface area contributed by atoms with Gasteiger partial charge in [0.25, 0.3) is 0 Å². The van der Waals surface area contributed by atoms with Crippen LogP contribution in [0.2, 0.25) is 5.35 Å². The number of hydrogen-bond donors (Lipinski definition) is 0. The molecular formula is C11H9ClN2O. The molecule has 1 aromatic heterocycles. The molecule has 0 amide bonds. The van der Waals surface area contributed by atoms with Crippen molar-refractivity contribution in [3.05, 3.63) is 46.6 Å². The monoisotopic (exact) mass is 220 g/mol. The van der Waals surface area contributed by atoms with E-state index in [1.807, 2.05) is 0 Å². The van der Waals surface area contributed by atoms with Crippen LogP contribution in [0.3, 0.4) is 0 Å². The van der Waals surface area contributed by atoms with Gasteiger partial charge in [0.05, 0.1) is 0 Å². The second-order valence-electron chi connectivity index (χ2n) is 3.77. The Morgan fingerprint density at radius 1 is 1.13 bits per heavy atom. The molecule has 0 unspecified atom stereocenters. The number of fused-ring (bicyclic) bond motifs is 1. The van der Waals surface area contributed by atoms with Crippen molar-refractivity contribution in [1.82, 2.24) is 10.2 Å². The van der Waals surface area contributed by atoms with Crippen molar-refractivity contribution in [2.75, 3.05) is 0 Å². The zero-order valence-electron chi connectivity index (χ0n) is 7.98. The topological polar surface area (TPSA) is 38.9 Å². The fourth-order valence-electron chi connectivity index (χ4n) is 2.11. The highest BCUT2D eigenvalue weighted by Crippen LogP contribution is 2.33. The van der Waals surface area contributed by atoms with Crippen LogP contribution in [0.15, 0.2) is 28.7 Å². The number of rotatable bonds is 1. The highest BCUT2D eigenvalue weighted by molar-refractivity contribution is 6.27. The van der Waals surface area contributed by atoms with Gasteiger partial charge in [0, 0.05) is 5.92 Å². The molecule has 4 heteroatoms. The van der Waals surface area contributed by atoms with Gasteiger partial charge in [-0.1, -0.05) is 29.4 Å². The molecule has 0 N–H and O–H groups in total. The Labute approximate surface area is 92.1 Å². The average molecular weight is 221 g/mol. The molecule has 1 aliphatic carbocycles. The van der Waals surface area contributed by atoms with E-state index < -0.39 is 0 Å². The zero-order valence-corrected chi connectivity index (χ0v) is 8.74. The van der Waals surface area contributed by atoms with Crippen LogP contribution >= 0.6 is 11.6 Å². The number of aromatic nitrogens is 2. The second-order valence-corrected chi connectivity index (χ2v) is 4.09. The average Bonchev–Trinajstić information content (AvgIpc) is 2.82. The second kappa shape index (κ2) is 3.35. The Morgan fingerprint density at radius 3 is 2.33 bits per heavy atom. The Morgan fingerprint density at radius 2 is 1.80 bits per heavy atom. The molecule has 1 aromatic carbocycles. The summed E-state index contributed by atoms with van der Waals surface area (Å²) in [5.41, 5.74) is 2.74. The van der Waals surface area contributed by atoms with Crippen LogP contribution in [-0.4, -0.2) is 10.2 Å². The van der Waals surface area contributed by atoms with Gasteiger partial charge in [-0.2, -0.15) is 0 Å². The zero-order chi connectivity index (χ0) is 10.3. The van der Waals surface area contributed by atoms with E-state index in [2.05, 4.69) is 34.5 Å². The first-order chi connectivity index (χ1) is 7.33. The summed E-state index contributed by atoms with van der Waals surface area (Å²) >= 11 is 5.61. The number of nitrogens with zero attached hydrogens (tertiary/aromatic N) is 2. The molecule has 1 heterocycles. The molecule has 3 nitrogen and oxygen atoms in total. The highest BCUT2D eigenvalue weighted by Gasteiger charge is 2.26. The molecule has 0 aliphatic heterocycles. The fourth-order valence-corrected chi connectivity index (χ4v) is 2.23. The lowest BCUT2D eigenvalue weighted by Gasteiger charge is -2.00. The van der Waals surface area contributed by atoms with Gasteiger partial charge in [-0.15, -0.1) is 5.10 Å². The Kier molecular flexibility index (Phi) is 1.99. The van der Waals surface area contributed by atoms with E-state index in [4.69, 9.17) is 16.0 Å². The molecule has 1 aliphatic rings. The van der Waals surface area contributed by atoms with Crippen molar-refractivity contribution in [1.29, 1.82) is 0 Å². The van der Waals surface area contributed by atoms with E-state index in [9.17, 15) is 0 Å². The maximum atomic E-state index is 5.61. The third-order valence-electron chi connectivity index (χ3n) is 2.82. The van der Waals surface area contributed by atoms with Crippen LogP contribution in [0.25, 0.3) is 0 Å². The maximum Gasteiger partial charge on any atom is 0.312 e. The first kappa shape index (κ1) is 8.92. The SMILES string of the molecule is Clc1nnc(C2Cc3ccccc3C2)o1. The lowest BCUT2D eigenvalue weighted by molar-refractivity contribution is 0.452. The van der Waals surface area contributed by atoms with E-state index in [0.717, 1.165) is 12.8 Å². The predicted molar refractivity (Wildman–Crippen MR) is 55.9 cm³/mol. The molecule has 0 spiro atoms. The van der Waals surface area contributed by atoms with E-state index in [-0.39, 0.29) is 5.35 Å². The third kappa shape index (κ3) is 1.53. The molecule has 0 fully saturated rings. The molecule has 0 bridgehead atoms. The molecule has 3 rings (SSSR count). The van der Waals surface area contributed by atoms with Crippen molar-refractivity contribution >= 4 is 11.6 Å². The van der Waals surface area contributed by atoms with Crippen molar-refractivity contribution in [2.24, 2.45) is 0 Å². The quantitative estimate of drug-likeness (QED) is 0.742. The minimum Gasteiger partial charge on any atom is -0.412 e. The van der Waals surface area contributed by atoms with Crippen LogP contribution in [0.5, 0.6) is 0 Å². The first-order valence-electron chi connectivity index (χ1n) is 4.88. The predicted octanol–water partition coefficient (Wildman–Crippen LogP) is 2.61. The molecule has 2 aromatic rings. The summed E-state index contributed by atoms with van der Waals surface area (Å²) < 4.78 is 5.24. The summed E-state index contributed by atoms with van der Waals surface area (Å²) in [6.07, 6.45) is 1.93. The summed E-state index contributed by atoms with van der Waals surface area (Å²) in [6, 6.07) is 8.41. The Bertz CT molecular complexity index is 470. The van der Waals surface area contributed by atoms with E-state index in [1.165, 1.54) is 11.1 Å². The van der Waals surface area contributed by atoms with Gasteiger partial charge in [-0.3, -0.25) is 0 Å². The molecular weight excluding hydrogens is 212 g/mol. The van der Waals surface area contributed by atoms with Crippen molar-refractivity contribution < 1.29 is 4.42 Å². The van der Waals surface area contributed by atoms with Crippen molar-refractivity contribution in [3.8, 4) is 0 Å². The van der Waals surface area contributed by atoms with E-state index >= 15 is 0 Å². The number of halogens is 1. The van der Waals surface area contributed by atoms with Gasteiger partial charge in [-0.25, -0.2) is 0 Å². The fraction of sp³-hybridized carbons (Fsp3) is 0.273. The normalized spacial score (nSPS) is 15.5.